The Hall–Kier alpha value is -1.82. The van der Waals surface area contributed by atoms with E-state index in [2.05, 4.69) is 10.6 Å². The molecule has 2 amide bonds. The van der Waals surface area contributed by atoms with Crippen LogP contribution in [0, 0.1) is 0 Å². The molecule has 1 saturated carbocycles. The second-order valence-electron chi connectivity index (χ2n) is 5.93. The monoisotopic (exact) mass is 307 g/mol. The number of hydrogen-bond donors (Lipinski definition) is 3. The van der Waals surface area contributed by atoms with Gasteiger partial charge < -0.3 is 20.3 Å². The molecule has 0 saturated heterocycles. The van der Waals surface area contributed by atoms with E-state index in [9.17, 15) is 14.7 Å². The molecule has 0 spiro atoms. The fraction of sp³-hybridized carbons (Fsp3) is 0.625. The summed E-state index contributed by atoms with van der Waals surface area (Å²) in [6.07, 6.45) is 7.45. The standard InChI is InChI=1S/C16H25N3O3/c1-19-10-6-9-13(19)14(20)11-17-15(21)16(22)18-12-7-4-2-3-5-8-12/h6,9-10,12,14,20H,2-5,7-8,11H2,1H3,(H,17,21)(H,18,22). The zero-order valence-corrected chi connectivity index (χ0v) is 13.0. The van der Waals surface area contributed by atoms with Gasteiger partial charge in [0.05, 0.1) is 0 Å². The van der Waals surface area contributed by atoms with Gasteiger partial charge in [0, 0.05) is 31.5 Å². The summed E-state index contributed by atoms with van der Waals surface area (Å²) in [4.78, 5) is 23.7. The van der Waals surface area contributed by atoms with Crippen LogP contribution in [0.25, 0.3) is 0 Å². The normalized spacial score (nSPS) is 17.5. The third-order valence-corrected chi connectivity index (χ3v) is 4.18. The molecule has 0 aliphatic heterocycles. The molecule has 1 aliphatic carbocycles. The van der Waals surface area contributed by atoms with Gasteiger partial charge >= 0.3 is 11.8 Å². The van der Waals surface area contributed by atoms with Gasteiger partial charge in [0.2, 0.25) is 0 Å². The molecule has 0 aromatic carbocycles. The van der Waals surface area contributed by atoms with Gasteiger partial charge in [-0.15, -0.1) is 0 Å². The fourth-order valence-corrected chi connectivity index (χ4v) is 2.87. The van der Waals surface area contributed by atoms with Crippen LogP contribution >= 0.6 is 0 Å². The lowest BCUT2D eigenvalue weighted by atomic mass is 10.1. The van der Waals surface area contributed by atoms with Crippen molar-refractivity contribution in [2.24, 2.45) is 7.05 Å². The number of hydrogen-bond acceptors (Lipinski definition) is 3. The zero-order valence-electron chi connectivity index (χ0n) is 13.0. The number of aliphatic hydroxyl groups excluding tert-OH is 1. The van der Waals surface area contributed by atoms with Crippen LogP contribution in [-0.2, 0) is 16.6 Å². The van der Waals surface area contributed by atoms with Gasteiger partial charge in [0.1, 0.15) is 6.10 Å². The molecule has 0 bridgehead atoms. The van der Waals surface area contributed by atoms with Crippen LogP contribution in [0.1, 0.15) is 50.3 Å². The summed E-state index contributed by atoms with van der Waals surface area (Å²) in [7, 11) is 1.82. The van der Waals surface area contributed by atoms with E-state index in [1.54, 1.807) is 10.6 Å². The van der Waals surface area contributed by atoms with Crippen LogP contribution in [0.15, 0.2) is 18.3 Å². The Labute approximate surface area is 130 Å². The number of nitrogens with zero attached hydrogens (tertiary/aromatic N) is 1. The molecule has 0 radical (unpaired) electrons. The van der Waals surface area contributed by atoms with Crippen LogP contribution < -0.4 is 10.6 Å². The number of carbonyl (C=O) groups is 2. The maximum atomic E-state index is 11.9. The van der Waals surface area contributed by atoms with Crippen molar-refractivity contribution < 1.29 is 14.7 Å². The maximum absolute atomic E-state index is 11.9. The van der Waals surface area contributed by atoms with E-state index in [1.165, 1.54) is 12.8 Å². The van der Waals surface area contributed by atoms with Crippen LogP contribution in [0.4, 0.5) is 0 Å². The molecule has 1 aliphatic rings. The summed E-state index contributed by atoms with van der Waals surface area (Å²) in [5.41, 5.74) is 0.699. The van der Waals surface area contributed by atoms with Crippen molar-refractivity contribution in [1.82, 2.24) is 15.2 Å². The van der Waals surface area contributed by atoms with Gasteiger partial charge in [-0.05, 0) is 25.0 Å². The lowest BCUT2D eigenvalue weighted by Crippen LogP contribution is -2.45. The Bertz CT molecular complexity index is 504. The Balaban J connectivity index is 1.76. The molecule has 6 nitrogen and oxygen atoms in total. The van der Waals surface area contributed by atoms with Gasteiger partial charge in [-0.1, -0.05) is 25.7 Å². The third kappa shape index (κ3) is 4.59. The summed E-state index contributed by atoms with van der Waals surface area (Å²) in [6, 6.07) is 3.69. The third-order valence-electron chi connectivity index (χ3n) is 4.18. The molecule has 22 heavy (non-hydrogen) atoms. The van der Waals surface area contributed by atoms with Gasteiger partial charge in [-0.3, -0.25) is 9.59 Å². The highest BCUT2D eigenvalue weighted by Gasteiger charge is 2.20. The summed E-state index contributed by atoms with van der Waals surface area (Å²) in [5.74, 6) is -1.29. The Morgan fingerprint density at radius 3 is 2.55 bits per heavy atom. The summed E-state index contributed by atoms with van der Waals surface area (Å²) in [5, 5.41) is 15.3. The molecule has 122 valence electrons. The van der Waals surface area contributed by atoms with Crippen molar-refractivity contribution in [2.75, 3.05) is 6.54 Å². The summed E-state index contributed by atoms with van der Waals surface area (Å²) in [6.45, 7) is 0.0226. The van der Waals surface area contributed by atoms with Gasteiger partial charge in [-0.2, -0.15) is 0 Å². The molecule has 1 unspecified atom stereocenters. The van der Waals surface area contributed by atoms with Crippen molar-refractivity contribution in [3.05, 3.63) is 24.0 Å². The molecule has 2 rings (SSSR count). The topological polar surface area (TPSA) is 83.4 Å². The average Bonchev–Trinajstić information content (AvgIpc) is 2.77. The highest BCUT2D eigenvalue weighted by Crippen LogP contribution is 2.17. The minimum Gasteiger partial charge on any atom is -0.385 e. The van der Waals surface area contributed by atoms with E-state index < -0.39 is 17.9 Å². The van der Waals surface area contributed by atoms with Gasteiger partial charge in [0.15, 0.2) is 0 Å². The van der Waals surface area contributed by atoms with Crippen LogP contribution in [-0.4, -0.2) is 34.1 Å². The van der Waals surface area contributed by atoms with E-state index >= 15 is 0 Å². The zero-order chi connectivity index (χ0) is 15.9. The van der Waals surface area contributed by atoms with E-state index in [0.29, 0.717) is 5.69 Å². The summed E-state index contributed by atoms with van der Waals surface area (Å²) >= 11 is 0. The second kappa shape index (κ2) is 7.98. The van der Waals surface area contributed by atoms with E-state index in [1.807, 2.05) is 19.3 Å². The number of nitrogens with one attached hydrogen (secondary N) is 2. The maximum Gasteiger partial charge on any atom is 0.309 e. The number of rotatable bonds is 4. The number of aliphatic hydroxyl groups is 1. The first-order chi connectivity index (χ1) is 10.6. The summed E-state index contributed by atoms with van der Waals surface area (Å²) < 4.78 is 1.78. The largest absolute Gasteiger partial charge is 0.385 e. The predicted molar refractivity (Wildman–Crippen MR) is 83.0 cm³/mol. The first-order valence-corrected chi connectivity index (χ1v) is 7.96. The lowest BCUT2D eigenvalue weighted by Gasteiger charge is -2.17. The Morgan fingerprint density at radius 1 is 1.27 bits per heavy atom. The van der Waals surface area contributed by atoms with Crippen molar-refractivity contribution in [1.29, 1.82) is 0 Å². The van der Waals surface area contributed by atoms with Gasteiger partial charge in [-0.25, -0.2) is 0 Å². The van der Waals surface area contributed by atoms with Crippen LogP contribution in [0.5, 0.6) is 0 Å². The van der Waals surface area contributed by atoms with Crippen molar-refractivity contribution in [3.8, 4) is 0 Å². The molecule has 1 fully saturated rings. The van der Waals surface area contributed by atoms with Crippen molar-refractivity contribution >= 4 is 11.8 Å². The van der Waals surface area contributed by atoms with Crippen molar-refractivity contribution in [2.45, 2.75) is 50.7 Å². The van der Waals surface area contributed by atoms with Crippen LogP contribution in [0.3, 0.4) is 0 Å². The quantitative estimate of drug-likeness (QED) is 0.573. The van der Waals surface area contributed by atoms with Gasteiger partial charge in [0.25, 0.3) is 0 Å². The number of amides is 2. The first kappa shape index (κ1) is 16.5. The molecule has 1 aromatic rings. The van der Waals surface area contributed by atoms with Crippen molar-refractivity contribution in [3.63, 3.8) is 0 Å². The highest BCUT2D eigenvalue weighted by molar-refractivity contribution is 6.35. The molecule has 1 heterocycles. The van der Waals surface area contributed by atoms with E-state index in [0.717, 1.165) is 25.7 Å². The minimum absolute atomic E-state index is 0.0226. The predicted octanol–water partition coefficient (Wildman–Crippen LogP) is 1.01. The molecule has 3 N–H and O–H groups in total. The number of aromatic nitrogens is 1. The first-order valence-electron chi connectivity index (χ1n) is 7.96. The SMILES string of the molecule is Cn1cccc1C(O)CNC(=O)C(=O)NC1CCCCCC1. The average molecular weight is 307 g/mol. The van der Waals surface area contributed by atoms with E-state index in [-0.39, 0.29) is 12.6 Å². The molecular weight excluding hydrogens is 282 g/mol. The fourth-order valence-electron chi connectivity index (χ4n) is 2.87. The van der Waals surface area contributed by atoms with Crippen LogP contribution in [0.2, 0.25) is 0 Å². The van der Waals surface area contributed by atoms with E-state index in [4.69, 9.17) is 0 Å². The smallest absolute Gasteiger partial charge is 0.309 e. The lowest BCUT2D eigenvalue weighted by molar-refractivity contribution is -0.139. The number of carbonyl (C=O) groups excluding carboxylic acids is 2. The highest BCUT2D eigenvalue weighted by atomic mass is 16.3. The molecule has 1 atom stereocenters. The molecule has 6 heteroatoms. The molecule has 1 aromatic heterocycles. The Morgan fingerprint density at radius 2 is 1.95 bits per heavy atom. The second-order valence-corrected chi connectivity index (χ2v) is 5.93. The minimum atomic E-state index is -0.824. The molecular formula is C16H25N3O3. The Kier molecular flexibility index (Phi) is 6.00. The number of aryl methyl sites for hydroxylation is 1.